The van der Waals surface area contributed by atoms with E-state index in [-0.39, 0.29) is 17.3 Å². The van der Waals surface area contributed by atoms with Crippen molar-refractivity contribution < 1.29 is 9.53 Å². The first-order valence-corrected chi connectivity index (χ1v) is 13.4. The Hall–Kier alpha value is -3.17. The van der Waals surface area contributed by atoms with Gasteiger partial charge >= 0.3 is 0 Å². The van der Waals surface area contributed by atoms with Gasteiger partial charge in [0.2, 0.25) is 5.91 Å². The van der Waals surface area contributed by atoms with Gasteiger partial charge in [0, 0.05) is 17.3 Å². The predicted molar refractivity (Wildman–Crippen MR) is 142 cm³/mol. The average molecular weight is 508 g/mol. The fraction of sp³-hybridized carbons (Fsp3) is 0.308. The summed E-state index contributed by atoms with van der Waals surface area (Å²) in [6, 6.07) is 18.0. The molecule has 35 heavy (non-hydrogen) atoms. The van der Waals surface area contributed by atoms with Crippen molar-refractivity contribution in [3.8, 4) is 11.4 Å². The number of aromatic nitrogens is 4. The first kappa shape index (κ1) is 24.9. The van der Waals surface area contributed by atoms with Crippen LogP contribution >= 0.6 is 23.1 Å². The average Bonchev–Trinajstić information content (AvgIpc) is 3.53. The van der Waals surface area contributed by atoms with Gasteiger partial charge in [0.05, 0.1) is 5.25 Å². The molecule has 0 aliphatic heterocycles. The SMILES string of the molecule is CCC(Sc1nnc(C(C)Oc2ccc(C(C)C)cc2)n1-c1ccccc1)C(=O)Nc1nccs1. The molecule has 2 aromatic heterocycles. The molecule has 9 heteroatoms. The van der Waals surface area contributed by atoms with Crippen LogP contribution < -0.4 is 10.1 Å². The Bertz CT molecular complexity index is 1220. The summed E-state index contributed by atoms with van der Waals surface area (Å²) in [6.07, 6.45) is 1.95. The summed E-state index contributed by atoms with van der Waals surface area (Å²) >= 11 is 2.78. The highest BCUT2D eigenvalue weighted by Crippen LogP contribution is 2.32. The predicted octanol–water partition coefficient (Wildman–Crippen LogP) is 6.50. The van der Waals surface area contributed by atoms with E-state index in [0.717, 1.165) is 11.4 Å². The molecule has 4 rings (SSSR count). The van der Waals surface area contributed by atoms with E-state index in [1.807, 2.05) is 66.3 Å². The number of nitrogens with one attached hydrogen (secondary N) is 1. The molecule has 182 valence electrons. The Labute approximate surface area is 214 Å². The van der Waals surface area contributed by atoms with Crippen LogP contribution in [0.5, 0.6) is 5.75 Å². The molecule has 2 aromatic carbocycles. The number of amides is 1. The molecule has 0 spiro atoms. The zero-order chi connectivity index (χ0) is 24.8. The molecule has 7 nitrogen and oxygen atoms in total. The second kappa shape index (κ2) is 11.5. The molecule has 0 saturated carbocycles. The zero-order valence-corrected chi connectivity index (χ0v) is 21.8. The minimum absolute atomic E-state index is 0.105. The summed E-state index contributed by atoms with van der Waals surface area (Å²) < 4.78 is 8.21. The van der Waals surface area contributed by atoms with Gasteiger partial charge in [-0.25, -0.2) is 4.98 Å². The Morgan fingerprint density at radius 1 is 1.09 bits per heavy atom. The van der Waals surface area contributed by atoms with Gasteiger partial charge in [-0.1, -0.05) is 62.9 Å². The van der Waals surface area contributed by atoms with Crippen molar-refractivity contribution in [1.29, 1.82) is 0 Å². The molecule has 0 bridgehead atoms. The maximum Gasteiger partial charge on any atom is 0.239 e. The lowest BCUT2D eigenvalue weighted by molar-refractivity contribution is -0.115. The fourth-order valence-corrected chi connectivity index (χ4v) is 5.06. The van der Waals surface area contributed by atoms with Crippen LogP contribution in [0.15, 0.2) is 71.3 Å². The van der Waals surface area contributed by atoms with Crippen molar-refractivity contribution in [3.05, 3.63) is 77.6 Å². The van der Waals surface area contributed by atoms with Crippen molar-refractivity contribution in [2.24, 2.45) is 0 Å². The molecule has 0 aliphatic carbocycles. The Morgan fingerprint density at radius 3 is 2.46 bits per heavy atom. The molecule has 0 aliphatic rings. The summed E-state index contributed by atoms with van der Waals surface area (Å²) in [5.74, 6) is 1.79. The second-order valence-electron chi connectivity index (χ2n) is 8.34. The highest BCUT2D eigenvalue weighted by molar-refractivity contribution is 8.00. The third-order valence-corrected chi connectivity index (χ3v) is 7.46. The molecule has 2 atom stereocenters. The molecule has 1 N–H and O–H groups in total. The number of ether oxygens (including phenoxy) is 1. The highest BCUT2D eigenvalue weighted by Gasteiger charge is 2.26. The summed E-state index contributed by atoms with van der Waals surface area (Å²) in [4.78, 5) is 17.1. The minimum atomic E-state index is -0.355. The van der Waals surface area contributed by atoms with E-state index < -0.39 is 0 Å². The van der Waals surface area contributed by atoms with Gasteiger partial charge in [0.15, 0.2) is 22.2 Å². The first-order valence-electron chi connectivity index (χ1n) is 11.6. The summed E-state index contributed by atoms with van der Waals surface area (Å²) in [5.41, 5.74) is 2.17. The molecule has 1 amide bonds. The Morgan fingerprint density at radius 2 is 1.83 bits per heavy atom. The van der Waals surface area contributed by atoms with Crippen molar-refractivity contribution in [2.75, 3.05) is 5.32 Å². The van der Waals surface area contributed by atoms with Crippen molar-refractivity contribution in [1.82, 2.24) is 19.7 Å². The van der Waals surface area contributed by atoms with Gasteiger partial charge in [0.1, 0.15) is 5.75 Å². The van der Waals surface area contributed by atoms with E-state index in [1.54, 1.807) is 6.20 Å². The number of thiazole rings is 1. The van der Waals surface area contributed by atoms with Crippen molar-refractivity contribution in [2.45, 2.75) is 56.5 Å². The van der Waals surface area contributed by atoms with E-state index in [4.69, 9.17) is 4.74 Å². The van der Waals surface area contributed by atoms with Gasteiger partial charge in [-0.2, -0.15) is 0 Å². The maximum absolute atomic E-state index is 12.9. The van der Waals surface area contributed by atoms with E-state index in [0.29, 0.717) is 28.5 Å². The number of anilines is 1. The molecular weight excluding hydrogens is 478 g/mol. The van der Waals surface area contributed by atoms with Crippen LogP contribution in [0.2, 0.25) is 0 Å². The molecule has 0 saturated heterocycles. The number of hydrogen-bond donors (Lipinski definition) is 1. The van der Waals surface area contributed by atoms with E-state index >= 15 is 0 Å². The summed E-state index contributed by atoms with van der Waals surface area (Å²) in [5, 5.41) is 14.5. The maximum atomic E-state index is 12.9. The Kier molecular flexibility index (Phi) is 8.20. The van der Waals surface area contributed by atoms with Gasteiger partial charge in [-0.15, -0.1) is 21.5 Å². The van der Waals surface area contributed by atoms with Crippen LogP contribution in [-0.4, -0.2) is 30.9 Å². The smallest absolute Gasteiger partial charge is 0.239 e. The minimum Gasteiger partial charge on any atom is -0.483 e. The number of benzene rings is 2. The van der Waals surface area contributed by atoms with Crippen LogP contribution in [0, 0.1) is 0 Å². The van der Waals surface area contributed by atoms with Gasteiger partial charge in [-0.05, 0) is 49.1 Å². The van der Waals surface area contributed by atoms with Gasteiger partial charge < -0.3 is 10.1 Å². The van der Waals surface area contributed by atoms with Crippen molar-refractivity contribution in [3.63, 3.8) is 0 Å². The molecule has 2 unspecified atom stereocenters. The normalized spacial score (nSPS) is 12.9. The number of carbonyl (C=O) groups excluding carboxylic acids is 1. The molecule has 2 heterocycles. The van der Waals surface area contributed by atoms with Crippen LogP contribution in [0.25, 0.3) is 5.69 Å². The first-order chi connectivity index (χ1) is 17.0. The number of nitrogens with zero attached hydrogens (tertiary/aromatic N) is 4. The lowest BCUT2D eigenvalue weighted by Crippen LogP contribution is -2.25. The quantitative estimate of drug-likeness (QED) is 0.247. The summed E-state index contributed by atoms with van der Waals surface area (Å²) in [6.45, 7) is 8.28. The van der Waals surface area contributed by atoms with E-state index in [2.05, 4.69) is 46.5 Å². The standard InChI is InChI=1S/C26H29N5O2S2/c1-5-22(24(32)28-25-27-15-16-34-25)35-26-30-29-23(31(26)20-9-7-6-8-10-20)18(4)33-21-13-11-19(12-14-21)17(2)3/h6-18,22H,5H2,1-4H3,(H,27,28,32). The topological polar surface area (TPSA) is 81.9 Å². The number of hydrogen-bond acceptors (Lipinski definition) is 7. The number of carbonyl (C=O) groups is 1. The van der Waals surface area contributed by atoms with Gasteiger partial charge in [-0.3, -0.25) is 9.36 Å². The molecular formula is C26H29N5O2S2. The lowest BCUT2D eigenvalue weighted by Gasteiger charge is -2.18. The summed E-state index contributed by atoms with van der Waals surface area (Å²) in [7, 11) is 0. The van der Waals surface area contributed by atoms with Crippen LogP contribution in [-0.2, 0) is 4.79 Å². The molecule has 0 radical (unpaired) electrons. The zero-order valence-electron chi connectivity index (χ0n) is 20.2. The fourth-order valence-electron chi connectivity index (χ4n) is 3.55. The number of thioether (sulfide) groups is 1. The third-order valence-electron chi connectivity index (χ3n) is 5.47. The van der Waals surface area contributed by atoms with E-state index in [9.17, 15) is 4.79 Å². The molecule has 0 fully saturated rings. The number of rotatable bonds is 10. The van der Waals surface area contributed by atoms with Crippen LogP contribution in [0.1, 0.15) is 57.5 Å². The Balaban J connectivity index is 1.59. The highest BCUT2D eigenvalue weighted by atomic mass is 32.2. The van der Waals surface area contributed by atoms with Crippen LogP contribution in [0.3, 0.4) is 0 Å². The lowest BCUT2D eigenvalue weighted by atomic mass is 10.0. The van der Waals surface area contributed by atoms with Crippen LogP contribution in [0.4, 0.5) is 5.13 Å². The largest absolute Gasteiger partial charge is 0.483 e. The molecule has 4 aromatic rings. The van der Waals surface area contributed by atoms with Gasteiger partial charge in [0.25, 0.3) is 0 Å². The van der Waals surface area contributed by atoms with E-state index in [1.165, 1.54) is 28.7 Å². The van der Waals surface area contributed by atoms with Crippen molar-refractivity contribution >= 4 is 34.1 Å². The second-order valence-corrected chi connectivity index (χ2v) is 10.4. The monoisotopic (exact) mass is 507 g/mol. The third kappa shape index (κ3) is 6.10. The number of para-hydroxylation sites is 1.